The van der Waals surface area contributed by atoms with Crippen LogP contribution in [-0.4, -0.2) is 32.6 Å². The average molecular weight is 464 g/mol. The largest absolute Gasteiger partial charge is 0.466 e. The summed E-state index contributed by atoms with van der Waals surface area (Å²) in [7, 11) is -4.04. The van der Waals surface area contributed by atoms with Gasteiger partial charge in [-0.15, -0.1) is 0 Å². The van der Waals surface area contributed by atoms with Crippen LogP contribution in [0.5, 0.6) is 5.75 Å². The number of nitrogens with two attached hydrogens (primary N) is 1. The summed E-state index contributed by atoms with van der Waals surface area (Å²) in [5, 5.41) is 0. The van der Waals surface area contributed by atoms with Crippen molar-refractivity contribution >= 4 is 22.1 Å². The molecule has 2 aromatic rings. The molecule has 32 heavy (non-hydrogen) atoms. The lowest BCUT2D eigenvalue weighted by Crippen LogP contribution is -2.50. The first-order valence-electron chi connectivity index (χ1n) is 10.1. The number of carbonyl (C=O) groups is 2. The first-order valence-corrected chi connectivity index (χ1v) is 11.5. The fraction of sp³-hybridized carbons (Fsp3) is 0.391. The summed E-state index contributed by atoms with van der Waals surface area (Å²) in [4.78, 5) is 25.0. The third-order valence-corrected chi connectivity index (χ3v) is 5.64. The number of esters is 2. The Morgan fingerprint density at radius 1 is 0.969 bits per heavy atom. The smallest absolute Gasteiger partial charge is 0.339 e. The van der Waals surface area contributed by atoms with Gasteiger partial charge in [-0.1, -0.05) is 29.8 Å². The molecule has 2 aromatic carbocycles. The third-order valence-electron chi connectivity index (χ3n) is 4.38. The molecular weight excluding hydrogens is 434 g/mol. The van der Waals surface area contributed by atoms with Crippen LogP contribution in [-0.2, 0) is 34.7 Å². The number of ether oxygens (including phenoxy) is 2. The van der Waals surface area contributed by atoms with Crippen molar-refractivity contribution in [2.75, 3.05) is 6.61 Å². The Morgan fingerprint density at radius 2 is 1.53 bits per heavy atom. The lowest BCUT2D eigenvalue weighted by Gasteiger charge is -2.31. The second-order valence-electron chi connectivity index (χ2n) is 8.33. The minimum absolute atomic E-state index is 0.0106. The van der Waals surface area contributed by atoms with E-state index in [1.165, 1.54) is 36.4 Å². The van der Waals surface area contributed by atoms with Gasteiger partial charge >= 0.3 is 22.1 Å². The van der Waals surface area contributed by atoms with Gasteiger partial charge < -0.3 is 19.4 Å². The highest BCUT2D eigenvalue weighted by molar-refractivity contribution is 7.87. The molecule has 0 radical (unpaired) electrons. The first-order chi connectivity index (χ1) is 14.8. The Labute approximate surface area is 188 Å². The monoisotopic (exact) mass is 463 g/mol. The summed E-state index contributed by atoms with van der Waals surface area (Å²) in [5.41, 5.74) is 4.86. The average Bonchev–Trinajstić information content (AvgIpc) is 2.67. The molecular formula is C23H29NO7S. The Morgan fingerprint density at radius 3 is 2.03 bits per heavy atom. The SMILES string of the molecule is CCOC(=O)CC(N)(C(=O)OC(C)(C)C)c1ccc(OS(=O)(=O)c2ccc(C)cc2)cc1. The van der Waals surface area contributed by atoms with Gasteiger partial charge in [-0.2, -0.15) is 8.42 Å². The zero-order valence-corrected chi connectivity index (χ0v) is 19.7. The van der Waals surface area contributed by atoms with Crippen LogP contribution in [0.25, 0.3) is 0 Å². The highest BCUT2D eigenvalue weighted by atomic mass is 32.2. The van der Waals surface area contributed by atoms with Crippen LogP contribution in [0.4, 0.5) is 0 Å². The molecule has 8 nitrogen and oxygen atoms in total. The topological polar surface area (TPSA) is 122 Å². The molecule has 2 N–H and O–H groups in total. The Hall–Kier alpha value is -2.91. The number of hydrogen-bond acceptors (Lipinski definition) is 8. The predicted octanol–water partition coefficient (Wildman–Crippen LogP) is 3.21. The highest BCUT2D eigenvalue weighted by Crippen LogP contribution is 2.29. The second-order valence-corrected chi connectivity index (χ2v) is 9.88. The van der Waals surface area contributed by atoms with Crippen LogP contribution < -0.4 is 9.92 Å². The van der Waals surface area contributed by atoms with Crippen LogP contribution in [0.15, 0.2) is 53.4 Å². The number of hydrogen-bond donors (Lipinski definition) is 1. The molecule has 0 bridgehead atoms. The van der Waals surface area contributed by atoms with Gasteiger partial charge in [0, 0.05) is 0 Å². The maximum Gasteiger partial charge on any atom is 0.339 e. The predicted molar refractivity (Wildman–Crippen MR) is 118 cm³/mol. The summed E-state index contributed by atoms with van der Waals surface area (Å²) < 4.78 is 40.5. The molecule has 9 heteroatoms. The van der Waals surface area contributed by atoms with Gasteiger partial charge in [-0.3, -0.25) is 4.79 Å². The van der Waals surface area contributed by atoms with Gasteiger partial charge in [-0.05, 0) is 64.4 Å². The Kier molecular flexibility index (Phi) is 7.69. The van der Waals surface area contributed by atoms with Gasteiger partial charge in [0.05, 0.1) is 13.0 Å². The lowest BCUT2D eigenvalue weighted by atomic mass is 9.87. The van der Waals surface area contributed by atoms with E-state index in [0.29, 0.717) is 0 Å². The molecule has 0 aliphatic carbocycles. The van der Waals surface area contributed by atoms with Gasteiger partial charge in [0.15, 0.2) is 5.54 Å². The van der Waals surface area contributed by atoms with E-state index in [0.717, 1.165) is 5.56 Å². The molecule has 0 saturated carbocycles. The molecule has 0 heterocycles. The van der Waals surface area contributed by atoms with E-state index >= 15 is 0 Å². The summed E-state index contributed by atoms with van der Waals surface area (Å²) in [6.07, 6.45) is -0.447. The van der Waals surface area contributed by atoms with Gasteiger partial charge in [0.25, 0.3) is 0 Å². The van der Waals surface area contributed by atoms with Gasteiger partial charge in [-0.25, -0.2) is 4.79 Å². The zero-order chi connectivity index (χ0) is 24.2. The van der Waals surface area contributed by atoms with E-state index in [4.69, 9.17) is 19.4 Å². The van der Waals surface area contributed by atoms with Crippen LogP contribution in [0.3, 0.4) is 0 Å². The zero-order valence-electron chi connectivity index (χ0n) is 18.9. The van der Waals surface area contributed by atoms with Crippen molar-refractivity contribution in [1.82, 2.24) is 0 Å². The molecule has 0 aliphatic heterocycles. The minimum atomic E-state index is -4.04. The maximum absolute atomic E-state index is 12.9. The molecule has 0 amide bonds. The Bertz CT molecular complexity index is 1060. The normalized spacial score (nSPS) is 13.7. The van der Waals surface area contributed by atoms with Crippen molar-refractivity contribution in [3.63, 3.8) is 0 Å². The molecule has 0 aromatic heterocycles. The fourth-order valence-electron chi connectivity index (χ4n) is 2.79. The van der Waals surface area contributed by atoms with Crippen molar-refractivity contribution in [1.29, 1.82) is 0 Å². The van der Waals surface area contributed by atoms with Crippen molar-refractivity contribution in [2.24, 2.45) is 5.73 Å². The third kappa shape index (κ3) is 6.54. The minimum Gasteiger partial charge on any atom is -0.466 e. The highest BCUT2D eigenvalue weighted by Gasteiger charge is 2.42. The summed E-state index contributed by atoms with van der Waals surface area (Å²) in [6.45, 7) is 8.67. The second kappa shape index (κ2) is 9.70. The lowest BCUT2D eigenvalue weighted by molar-refractivity contribution is -0.166. The maximum atomic E-state index is 12.9. The quantitative estimate of drug-likeness (QED) is 0.468. The van der Waals surface area contributed by atoms with E-state index in [1.807, 2.05) is 6.92 Å². The Balaban J connectivity index is 2.32. The molecule has 0 saturated heterocycles. The summed E-state index contributed by atoms with van der Waals surface area (Å²) >= 11 is 0. The van der Waals surface area contributed by atoms with Gasteiger partial charge in [0.1, 0.15) is 16.2 Å². The molecule has 1 unspecified atom stereocenters. The van der Waals surface area contributed by atoms with Crippen molar-refractivity contribution in [2.45, 2.75) is 57.1 Å². The van der Waals surface area contributed by atoms with E-state index < -0.39 is 39.6 Å². The van der Waals surface area contributed by atoms with Crippen molar-refractivity contribution < 1.29 is 31.7 Å². The molecule has 0 fully saturated rings. The van der Waals surface area contributed by atoms with Crippen LogP contribution in [0, 0.1) is 6.92 Å². The van der Waals surface area contributed by atoms with E-state index in [-0.39, 0.29) is 22.8 Å². The van der Waals surface area contributed by atoms with E-state index in [2.05, 4.69) is 0 Å². The molecule has 1 atom stereocenters. The van der Waals surface area contributed by atoms with Crippen LogP contribution in [0.1, 0.15) is 45.2 Å². The molecule has 174 valence electrons. The van der Waals surface area contributed by atoms with Crippen LogP contribution in [0.2, 0.25) is 0 Å². The standard InChI is InChI=1S/C23H29NO7S/c1-6-29-20(25)15-23(24,21(26)30-22(3,4)5)17-9-11-18(12-10-17)31-32(27,28)19-13-7-16(2)8-14-19/h7-14H,6,15,24H2,1-5H3. The van der Waals surface area contributed by atoms with Gasteiger partial charge in [0.2, 0.25) is 0 Å². The molecule has 0 spiro atoms. The van der Waals surface area contributed by atoms with Crippen LogP contribution >= 0.6 is 0 Å². The summed E-state index contributed by atoms with van der Waals surface area (Å²) in [5.74, 6) is -1.45. The summed E-state index contributed by atoms with van der Waals surface area (Å²) in [6, 6.07) is 11.8. The van der Waals surface area contributed by atoms with E-state index in [1.54, 1.807) is 39.8 Å². The fourth-order valence-corrected chi connectivity index (χ4v) is 3.72. The van der Waals surface area contributed by atoms with E-state index in [9.17, 15) is 18.0 Å². The first kappa shape index (κ1) is 25.4. The van der Waals surface area contributed by atoms with Crippen molar-refractivity contribution in [3.8, 4) is 5.75 Å². The number of benzene rings is 2. The number of aryl methyl sites for hydroxylation is 1. The molecule has 0 aliphatic rings. The van der Waals surface area contributed by atoms with Crippen molar-refractivity contribution in [3.05, 3.63) is 59.7 Å². The molecule has 2 rings (SSSR count). The number of carbonyl (C=O) groups excluding carboxylic acids is 2. The number of rotatable bonds is 8.